The Bertz CT molecular complexity index is 890. The van der Waals surface area contributed by atoms with Gasteiger partial charge in [-0.3, -0.25) is 9.69 Å². The Hall–Kier alpha value is -1.69. The van der Waals surface area contributed by atoms with Crippen LogP contribution >= 0.6 is 22.9 Å². The summed E-state index contributed by atoms with van der Waals surface area (Å²) in [6.45, 7) is 1.69. The number of fused-ring (bicyclic) bond motifs is 1. The molecule has 1 aromatic carbocycles. The highest BCUT2D eigenvalue weighted by atomic mass is 35.5. The van der Waals surface area contributed by atoms with Crippen molar-refractivity contribution in [2.75, 3.05) is 6.54 Å². The molecular formula is C17H16ClN3OS. The van der Waals surface area contributed by atoms with E-state index in [1.165, 1.54) is 12.0 Å². The third kappa shape index (κ3) is 2.92. The first-order valence-corrected chi connectivity index (χ1v) is 8.97. The first-order valence-electron chi connectivity index (χ1n) is 7.65. The highest BCUT2D eigenvalue weighted by molar-refractivity contribution is 7.07. The highest BCUT2D eigenvalue weighted by Crippen LogP contribution is 2.33. The van der Waals surface area contributed by atoms with Crippen molar-refractivity contribution < 1.29 is 0 Å². The van der Waals surface area contributed by atoms with Gasteiger partial charge in [0, 0.05) is 11.1 Å². The molecule has 0 amide bonds. The van der Waals surface area contributed by atoms with Crippen molar-refractivity contribution in [3.8, 4) is 0 Å². The number of aromatic nitrogens is 2. The summed E-state index contributed by atoms with van der Waals surface area (Å²) in [6, 6.07) is 7.84. The van der Waals surface area contributed by atoms with Crippen LogP contribution in [-0.2, 0) is 6.54 Å². The van der Waals surface area contributed by atoms with Gasteiger partial charge >= 0.3 is 0 Å². The van der Waals surface area contributed by atoms with E-state index in [2.05, 4.69) is 31.7 Å². The number of likely N-dealkylation sites (tertiary alicyclic amines) is 1. The maximum atomic E-state index is 12.3. The van der Waals surface area contributed by atoms with Gasteiger partial charge in [-0.1, -0.05) is 11.6 Å². The van der Waals surface area contributed by atoms with Crippen LogP contribution in [0.15, 0.2) is 39.8 Å². The molecule has 3 aromatic rings. The molecule has 0 bridgehead atoms. The van der Waals surface area contributed by atoms with E-state index in [4.69, 9.17) is 11.6 Å². The lowest BCUT2D eigenvalue weighted by Crippen LogP contribution is -2.25. The van der Waals surface area contributed by atoms with Crippen LogP contribution in [0.25, 0.3) is 10.9 Å². The van der Waals surface area contributed by atoms with Gasteiger partial charge in [0.05, 0.1) is 17.4 Å². The molecule has 4 nitrogen and oxygen atoms in total. The largest absolute Gasteiger partial charge is 0.309 e. The van der Waals surface area contributed by atoms with Crippen molar-refractivity contribution in [1.29, 1.82) is 0 Å². The van der Waals surface area contributed by atoms with Gasteiger partial charge in [0.1, 0.15) is 5.82 Å². The fraction of sp³-hybridized carbons (Fsp3) is 0.294. The van der Waals surface area contributed by atoms with Gasteiger partial charge in [-0.2, -0.15) is 11.3 Å². The first-order chi connectivity index (χ1) is 11.2. The molecule has 0 radical (unpaired) electrons. The highest BCUT2D eigenvalue weighted by Gasteiger charge is 2.26. The number of benzene rings is 1. The minimum atomic E-state index is -0.126. The molecule has 4 rings (SSSR count). The van der Waals surface area contributed by atoms with Gasteiger partial charge in [-0.15, -0.1) is 0 Å². The Morgan fingerprint density at radius 3 is 3.13 bits per heavy atom. The molecule has 0 saturated carbocycles. The average molecular weight is 346 g/mol. The smallest absolute Gasteiger partial charge is 0.258 e. The maximum absolute atomic E-state index is 12.3. The summed E-state index contributed by atoms with van der Waals surface area (Å²) in [5.41, 5.74) is 1.93. The average Bonchev–Trinajstić information content (AvgIpc) is 3.19. The van der Waals surface area contributed by atoms with Crippen LogP contribution in [0.5, 0.6) is 0 Å². The predicted molar refractivity (Wildman–Crippen MR) is 94.1 cm³/mol. The van der Waals surface area contributed by atoms with Crippen molar-refractivity contribution in [1.82, 2.24) is 14.9 Å². The molecule has 1 N–H and O–H groups in total. The molecule has 1 atom stereocenters. The quantitative estimate of drug-likeness (QED) is 0.781. The topological polar surface area (TPSA) is 49.0 Å². The summed E-state index contributed by atoms with van der Waals surface area (Å²) < 4.78 is 0. The van der Waals surface area contributed by atoms with E-state index in [1.54, 1.807) is 29.5 Å². The lowest BCUT2D eigenvalue weighted by molar-refractivity contribution is 0.243. The Morgan fingerprint density at radius 1 is 1.39 bits per heavy atom. The summed E-state index contributed by atoms with van der Waals surface area (Å²) in [7, 11) is 0. The number of hydrogen-bond acceptors (Lipinski definition) is 4. The summed E-state index contributed by atoms with van der Waals surface area (Å²) >= 11 is 7.68. The number of hydrogen-bond donors (Lipinski definition) is 1. The molecule has 6 heteroatoms. The molecule has 3 heterocycles. The molecule has 0 spiro atoms. The third-order valence-corrected chi connectivity index (χ3v) is 5.30. The molecular weight excluding hydrogens is 330 g/mol. The van der Waals surface area contributed by atoms with Crippen molar-refractivity contribution in [3.05, 3.63) is 61.8 Å². The number of H-pyrrole nitrogens is 1. The van der Waals surface area contributed by atoms with E-state index >= 15 is 0 Å². The van der Waals surface area contributed by atoms with Crippen LogP contribution in [0.1, 0.15) is 30.3 Å². The Labute approximate surface area is 142 Å². The molecule has 1 aliphatic heterocycles. The Kier molecular flexibility index (Phi) is 3.93. The van der Waals surface area contributed by atoms with E-state index in [0.29, 0.717) is 34.3 Å². The molecule has 1 aliphatic rings. The van der Waals surface area contributed by atoms with E-state index in [1.807, 2.05) is 0 Å². The lowest BCUT2D eigenvalue weighted by Gasteiger charge is -2.23. The zero-order chi connectivity index (χ0) is 15.8. The van der Waals surface area contributed by atoms with Crippen molar-refractivity contribution in [3.63, 3.8) is 0 Å². The second kappa shape index (κ2) is 6.07. The van der Waals surface area contributed by atoms with Gasteiger partial charge in [0.2, 0.25) is 0 Å². The Morgan fingerprint density at radius 2 is 2.30 bits per heavy atom. The monoisotopic (exact) mass is 345 g/mol. The molecule has 0 unspecified atom stereocenters. The van der Waals surface area contributed by atoms with E-state index in [9.17, 15) is 4.79 Å². The standard InChI is InChI=1S/C17H16ClN3OS/c18-12-3-4-14-13(8-12)17(22)20-16(19-14)9-21-6-1-2-15(21)11-5-7-23-10-11/h3-5,7-8,10,15H,1-2,6,9H2,(H,19,20,22)/t15-/m0/s1. The maximum Gasteiger partial charge on any atom is 0.258 e. The zero-order valence-electron chi connectivity index (χ0n) is 12.5. The van der Waals surface area contributed by atoms with Gasteiger partial charge in [0.25, 0.3) is 5.56 Å². The fourth-order valence-corrected chi connectivity index (χ4v) is 4.16. The minimum absolute atomic E-state index is 0.126. The summed E-state index contributed by atoms with van der Waals surface area (Å²) in [4.78, 5) is 22.2. The van der Waals surface area contributed by atoms with Crippen LogP contribution in [0.2, 0.25) is 5.02 Å². The molecule has 1 saturated heterocycles. The number of nitrogens with one attached hydrogen (secondary N) is 1. The van der Waals surface area contributed by atoms with Crippen LogP contribution in [-0.4, -0.2) is 21.4 Å². The van der Waals surface area contributed by atoms with Crippen LogP contribution in [0.4, 0.5) is 0 Å². The second-order valence-corrected chi connectivity index (χ2v) is 7.08. The fourth-order valence-electron chi connectivity index (χ4n) is 3.28. The second-order valence-electron chi connectivity index (χ2n) is 5.86. The number of halogens is 1. The zero-order valence-corrected chi connectivity index (χ0v) is 14.0. The van der Waals surface area contributed by atoms with Gasteiger partial charge in [-0.25, -0.2) is 4.98 Å². The first kappa shape index (κ1) is 14.9. The van der Waals surface area contributed by atoms with Gasteiger partial charge in [-0.05, 0) is 60.0 Å². The number of rotatable bonds is 3. The van der Waals surface area contributed by atoms with Gasteiger partial charge in [0.15, 0.2) is 0 Å². The summed E-state index contributed by atoms with van der Waals surface area (Å²) in [6.07, 6.45) is 2.33. The number of aromatic amines is 1. The van der Waals surface area contributed by atoms with Crippen LogP contribution in [0, 0.1) is 0 Å². The van der Waals surface area contributed by atoms with Crippen molar-refractivity contribution in [2.24, 2.45) is 0 Å². The summed E-state index contributed by atoms with van der Waals surface area (Å²) in [5.74, 6) is 0.715. The molecule has 0 aliphatic carbocycles. The normalized spacial score (nSPS) is 18.7. The van der Waals surface area contributed by atoms with Gasteiger partial charge < -0.3 is 4.98 Å². The van der Waals surface area contributed by atoms with Crippen molar-refractivity contribution in [2.45, 2.75) is 25.4 Å². The minimum Gasteiger partial charge on any atom is -0.309 e. The SMILES string of the molecule is O=c1[nH]c(CN2CCC[C@H]2c2ccsc2)nc2ccc(Cl)cc12. The molecule has 1 fully saturated rings. The lowest BCUT2D eigenvalue weighted by atomic mass is 10.1. The number of thiophene rings is 1. The van der Waals surface area contributed by atoms with E-state index in [0.717, 1.165) is 13.0 Å². The number of nitrogens with zero attached hydrogens (tertiary/aromatic N) is 2. The summed E-state index contributed by atoms with van der Waals surface area (Å²) in [5, 5.41) is 5.42. The molecule has 23 heavy (non-hydrogen) atoms. The van der Waals surface area contributed by atoms with Crippen LogP contribution < -0.4 is 5.56 Å². The van der Waals surface area contributed by atoms with E-state index < -0.39 is 0 Å². The molecule has 2 aromatic heterocycles. The van der Waals surface area contributed by atoms with E-state index in [-0.39, 0.29) is 5.56 Å². The Balaban J connectivity index is 1.65. The third-order valence-electron chi connectivity index (χ3n) is 4.36. The van der Waals surface area contributed by atoms with Crippen LogP contribution in [0.3, 0.4) is 0 Å². The van der Waals surface area contributed by atoms with Crippen molar-refractivity contribution >= 4 is 33.8 Å². The predicted octanol–water partition coefficient (Wildman–Crippen LogP) is 3.98. The molecule has 118 valence electrons.